The summed E-state index contributed by atoms with van der Waals surface area (Å²) in [5.74, 6) is 0.711. The number of fused-ring (bicyclic) bond motifs is 8. The van der Waals surface area contributed by atoms with Crippen LogP contribution in [0.3, 0.4) is 0 Å². The number of hydrogen-bond acceptors (Lipinski definition) is 3. The molecule has 13 aromatic rings. The van der Waals surface area contributed by atoms with Crippen molar-refractivity contribution in [2.24, 2.45) is 0 Å². The van der Waals surface area contributed by atoms with Crippen LogP contribution in [-0.4, -0.2) is 9.97 Å². The largest absolute Gasteiger partial charge is 0.228 e. The first-order valence-electron chi connectivity index (χ1n) is 22.1. The highest BCUT2D eigenvalue weighted by atomic mass is 32.1. The lowest BCUT2D eigenvalue weighted by Crippen LogP contribution is -1.96. The molecular weight excluding hydrogens is 805 g/mol. The summed E-state index contributed by atoms with van der Waals surface area (Å²) >= 11 is 1.83. The second-order valence-corrected chi connectivity index (χ2v) is 17.9. The van der Waals surface area contributed by atoms with E-state index in [1.165, 1.54) is 91.3 Å². The Morgan fingerprint density at radius 2 is 0.800 bits per heavy atom. The number of rotatable bonds is 6. The predicted molar refractivity (Wildman–Crippen MR) is 278 cm³/mol. The van der Waals surface area contributed by atoms with Gasteiger partial charge in [-0.15, -0.1) is 11.3 Å². The molecule has 0 aliphatic rings. The Kier molecular flexibility index (Phi) is 8.75. The SMILES string of the molecule is c1ccc(-c2nc(-c3ccc4c(c3)sc3ccccc34)cc(-c3ccc(-c4ccc(-c5c6ccccc6c(-c6ccccc6)c6c5ccc5ccccc56)cc4)c4ccccc34)n2)cc1. The van der Waals surface area contributed by atoms with E-state index in [1.807, 2.05) is 17.4 Å². The van der Waals surface area contributed by atoms with Crippen molar-refractivity contribution in [3.63, 3.8) is 0 Å². The molecule has 0 atom stereocenters. The minimum atomic E-state index is 0.711. The van der Waals surface area contributed by atoms with E-state index in [4.69, 9.17) is 9.97 Å². The van der Waals surface area contributed by atoms with Crippen molar-refractivity contribution in [3.8, 4) is 67.3 Å². The molecule has 0 aliphatic heterocycles. The van der Waals surface area contributed by atoms with E-state index in [1.54, 1.807) is 0 Å². The van der Waals surface area contributed by atoms with Gasteiger partial charge in [-0.1, -0.05) is 212 Å². The Morgan fingerprint density at radius 1 is 0.277 bits per heavy atom. The van der Waals surface area contributed by atoms with Gasteiger partial charge in [0.2, 0.25) is 0 Å². The first-order chi connectivity index (χ1) is 32.2. The van der Waals surface area contributed by atoms with Gasteiger partial charge in [0.25, 0.3) is 0 Å². The van der Waals surface area contributed by atoms with E-state index < -0.39 is 0 Å². The summed E-state index contributed by atoms with van der Waals surface area (Å²) in [6.07, 6.45) is 0. The zero-order valence-electron chi connectivity index (χ0n) is 35.2. The molecule has 2 heterocycles. The van der Waals surface area contributed by atoms with Gasteiger partial charge >= 0.3 is 0 Å². The first-order valence-corrected chi connectivity index (χ1v) is 23.0. The number of aromatic nitrogens is 2. The summed E-state index contributed by atoms with van der Waals surface area (Å²) in [5.41, 5.74) is 12.3. The van der Waals surface area contributed by atoms with Gasteiger partial charge in [0, 0.05) is 36.9 Å². The molecule has 0 aliphatic carbocycles. The number of hydrogen-bond donors (Lipinski definition) is 0. The van der Waals surface area contributed by atoms with Crippen LogP contribution in [0.2, 0.25) is 0 Å². The molecule has 0 spiro atoms. The van der Waals surface area contributed by atoms with Crippen molar-refractivity contribution in [1.82, 2.24) is 9.97 Å². The van der Waals surface area contributed by atoms with Crippen LogP contribution in [0, 0.1) is 0 Å². The van der Waals surface area contributed by atoms with Crippen molar-refractivity contribution in [3.05, 3.63) is 231 Å². The summed E-state index contributed by atoms with van der Waals surface area (Å²) < 4.78 is 2.55. The molecule has 0 N–H and O–H groups in total. The van der Waals surface area contributed by atoms with E-state index in [-0.39, 0.29) is 0 Å². The third-order valence-corrected chi connectivity index (χ3v) is 14.2. The molecule has 0 unspecified atom stereocenters. The van der Waals surface area contributed by atoms with Crippen LogP contribution >= 0.6 is 11.3 Å². The Morgan fingerprint density at radius 3 is 1.57 bits per heavy atom. The van der Waals surface area contributed by atoms with E-state index in [2.05, 4.69) is 224 Å². The number of thiophene rings is 1. The maximum Gasteiger partial charge on any atom is 0.160 e. The topological polar surface area (TPSA) is 25.8 Å². The minimum absolute atomic E-state index is 0.711. The molecule has 65 heavy (non-hydrogen) atoms. The van der Waals surface area contributed by atoms with Crippen molar-refractivity contribution < 1.29 is 0 Å². The molecule has 11 aromatic carbocycles. The molecule has 302 valence electrons. The quantitative estimate of drug-likeness (QED) is 0.123. The zero-order valence-corrected chi connectivity index (χ0v) is 36.1. The average molecular weight is 843 g/mol. The number of benzene rings is 11. The first kappa shape index (κ1) is 37.3. The highest BCUT2D eigenvalue weighted by Crippen LogP contribution is 2.47. The van der Waals surface area contributed by atoms with Gasteiger partial charge in [0.1, 0.15) is 0 Å². The lowest BCUT2D eigenvalue weighted by molar-refractivity contribution is 1.19. The fraction of sp³-hybridized carbons (Fsp3) is 0. The van der Waals surface area contributed by atoms with Crippen molar-refractivity contribution in [2.75, 3.05) is 0 Å². The molecule has 0 saturated carbocycles. The van der Waals surface area contributed by atoms with E-state index in [9.17, 15) is 0 Å². The van der Waals surface area contributed by atoms with Crippen LogP contribution in [0.15, 0.2) is 231 Å². The maximum absolute atomic E-state index is 5.28. The van der Waals surface area contributed by atoms with Crippen LogP contribution in [0.1, 0.15) is 0 Å². The highest BCUT2D eigenvalue weighted by molar-refractivity contribution is 7.25. The molecule has 2 aromatic heterocycles. The minimum Gasteiger partial charge on any atom is -0.228 e. The third-order valence-electron chi connectivity index (χ3n) is 13.1. The molecule has 0 radical (unpaired) electrons. The van der Waals surface area contributed by atoms with Crippen molar-refractivity contribution in [2.45, 2.75) is 0 Å². The molecule has 0 saturated heterocycles. The highest BCUT2D eigenvalue weighted by Gasteiger charge is 2.20. The Hall–Kier alpha value is -8.24. The summed E-state index contributed by atoms with van der Waals surface area (Å²) in [5, 5.41) is 12.5. The molecule has 0 bridgehead atoms. The summed E-state index contributed by atoms with van der Waals surface area (Å²) in [6, 6.07) is 83.5. The van der Waals surface area contributed by atoms with Gasteiger partial charge in [-0.05, 0) is 94.7 Å². The lowest BCUT2D eigenvalue weighted by atomic mass is 9.83. The van der Waals surface area contributed by atoms with Gasteiger partial charge in [0.15, 0.2) is 5.82 Å². The van der Waals surface area contributed by atoms with Crippen LogP contribution < -0.4 is 0 Å². The second-order valence-electron chi connectivity index (χ2n) is 16.8. The standard InChI is InChI=1S/C62H38N2S/c1-3-16-41(17-4-1)60-53-25-12-11-24-52(53)59(54-34-31-39-15-7-8-20-46(39)61(54)60)42-29-27-40(28-30-42)45-35-36-49(48-22-10-9-21-47(45)48)56-38-55(63-62(64-56)43-18-5-2-6-19-43)44-32-33-51-50-23-13-14-26-57(50)65-58(51)37-44/h1-38H. The Labute approximate surface area is 380 Å². The third kappa shape index (κ3) is 6.24. The van der Waals surface area contributed by atoms with E-state index in [0.717, 1.165) is 33.5 Å². The van der Waals surface area contributed by atoms with E-state index >= 15 is 0 Å². The Balaban J connectivity index is 0.951. The monoisotopic (exact) mass is 842 g/mol. The average Bonchev–Trinajstić information content (AvgIpc) is 3.76. The smallest absolute Gasteiger partial charge is 0.160 e. The summed E-state index contributed by atoms with van der Waals surface area (Å²) in [7, 11) is 0. The molecule has 2 nitrogen and oxygen atoms in total. The lowest BCUT2D eigenvalue weighted by Gasteiger charge is -2.19. The van der Waals surface area contributed by atoms with Gasteiger partial charge in [-0.2, -0.15) is 0 Å². The van der Waals surface area contributed by atoms with E-state index in [0.29, 0.717) is 5.82 Å². The molecule has 3 heteroatoms. The molecule has 0 amide bonds. The second kappa shape index (κ2) is 15.2. The van der Waals surface area contributed by atoms with Crippen molar-refractivity contribution in [1.29, 1.82) is 0 Å². The van der Waals surface area contributed by atoms with Gasteiger partial charge in [0.05, 0.1) is 11.4 Å². The fourth-order valence-corrected chi connectivity index (χ4v) is 11.2. The molecular formula is C62H38N2S. The molecule has 0 fully saturated rings. The maximum atomic E-state index is 5.28. The van der Waals surface area contributed by atoms with Crippen molar-refractivity contribution >= 4 is 74.6 Å². The summed E-state index contributed by atoms with van der Waals surface area (Å²) in [6.45, 7) is 0. The number of nitrogens with zero attached hydrogens (tertiary/aromatic N) is 2. The Bertz CT molecular complexity index is 3980. The van der Waals surface area contributed by atoms with Gasteiger partial charge in [-0.25, -0.2) is 9.97 Å². The summed E-state index contributed by atoms with van der Waals surface area (Å²) in [4.78, 5) is 10.5. The van der Waals surface area contributed by atoms with Crippen LogP contribution in [0.4, 0.5) is 0 Å². The van der Waals surface area contributed by atoms with Crippen LogP contribution in [0.5, 0.6) is 0 Å². The normalized spacial score (nSPS) is 11.7. The van der Waals surface area contributed by atoms with Crippen LogP contribution in [0.25, 0.3) is 131 Å². The van der Waals surface area contributed by atoms with Gasteiger partial charge < -0.3 is 0 Å². The van der Waals surface area contributed by atoms with Gasteiger partial charge in [-0.3, -0.25) is 0 Å². The zero-order chi connectivity index (χ0) is 42.8. The fourth-order valence-electron chi connectivity index (χ4n) is 10.1. The predicted octanol–water partition coefficient (Wildman–Crippen LogP) is 17.5. The molecule has 13 rings (SSSR count). The van der Waals surface area contributed by atoms with Crippen LogP contribution in [-0.2, 0) is 0 Å².